The second kappa shape index (κ2) is 11.4. The zero-order chi connectivity index (χ0) is 19.5. The Morgan fingerprint density at radius 1 is 1.22 bits per heavy atom. The minimum atomic E-state index is -0.580. The molecule has 0 saturated carbocycles. The van der Waals surface area contributed by atoms with Gasteiger partial charge in [0, 0.05) is 13.2 Å². The van der Waals surface area contributed by atoms with Gasteiger partial charge in [0.15, 0.2) is 18.1 Å². The molecule has 1 aromatic carbocycles. The van der Waals surface area contributed by atoms with Crippen molar-refractivity contribution < 1.29 is 28.5 Å². The number of carbonyl (C=O) groups is 2. The summed E-state index contributed by atoms with van der Waals surface area (Å²) in [6, 6.07) is 4.88. The van der Waals surface area contributed by atoms with E-state index in [-0.39, 0.29) is 18.6 Å². The first-order chi connectivity index (χ1) is 13.1. The van der Waals surface area contributed by atoms with E-state index in [2.05, 4.69) is 12.2 Å². The quantitative estimate of drug-likeness (QED) is 0.470. The van der Waals surface area contributed by atoms with E-state index in [0.29, 0.717) is 36.8 Å². The number of benzene rings is 1. The van der Waals surface area contributed by atoms with Crippen molar-refractivity contribution >= 4 is 11.9 Å². The van der Waals surface area contributed by atoms with Crippen LogP contribution in [-0.4, -0.2) is 51.0 Å². The standard InChI is InChI=1S/C20H29NO6/c1-3-5-10-26-17-9-8-15(12-18(17)24-4-2)20(23)27-14-19(22)21-13-16-7-6-11-25-16/h8-9,12,16H,3-7,10-11,13-14H2,1-2H3,(H,21,22). The number of hydrogen-bond acceptors (Lipinski definition) is 6. The molecule has 1 aromatic rings. The Hall–Kier alpha value is -2.28. The summed E-state index contributed by atoms with van der Waals surface area (Å²) in [7, 11) is 0. The summed E-state index contributed by atoms with van der Waals surface area (Å²) in [5.41, 5.74) is 0.313. The lowest BCUT2D eigenvalue weighted by molar-refractivity contribution is -0.124. The summed E-state index contributed by atoms with van der Waals surface area (Å²) >= 11 is 0. The molecular weight excluding hydrogens is 350 g/mol. The molecule has 0 bridgehead atoms. The second-order valence-electron chi connectivity index (χ2n) is 6.31. The van der Waals surface area contributed by atoms with E-state index < -0.39 is 5.97 Å². The van der Waals surface area contributed by atoms with Gasteiger partial charge in [0.05, 0.1) is 24.9 Å². The summed E-state index contributed by atoms with van der Waals surface area (Å²) in [5.74, 6) is 0.161. The van der Waals surface area contributed by atoms with Crippen molar-refractivity contribution in [2.75, 3.05) is 33.0 Å². The summed E-state index contributed by atoms with van der Waals surface area (Å²) in [4.78, 5) is 24.0. The first-order valence-electron chi connectivity index (χ1n) is 9.59. The van der Waals surface area contributed by atoms with Crippen molar-refractivity contribution in [2.45, 2.75) is 45.6 Å². The van der Waals surface area contributed by atoms with Gasteiger partial charge < -0.3 is 24.3 Å². The van der Waals surface area contributed by atoms with Crippen molar-refractivity contribution in [3.05, 3.63) is 23.8 Å². The largest absolute Gasteiger partial charge is 0.490 e. The van der Waals surface area contributed by atoms with E-state index >= 15 is 0 Å². The smallest absolute Gasteiger partial charge is 0.338 e. The summed E-state index contributed by atoms with van der Waals surface area (Å²) in [5, 5.41) is 2.72. The average molecular weight is 379 g/mol. The SMILES string of the molecule is CCCCOc1ccc(C(=O)OCC(=O)NCC2CCCO2)cc1OCC. The Kier molecular flexibility index (Phi) is 8.91. The number of carbonyl (C=O) groups excluding carboxylic acids is 2. The molecule has 0 spiro atoms. The van der Waals surface area contributed by atoms with Crippen molar-refractivity contribution in [3.63, 3.8) is 0 Å². The molecule has 1 aliphatic rings. The molecule has 1 aliphatic heterocycles. The van der Waals surface area contributed by atoms with Crippen LogP contribution in [0.4, 0.5) is 0 Å². The predicted molar refractivity (Wildman–Crippen MR) is 100 cm³/mol. The van der Waals surface area contributed by atoms with Crippen molar-refractivity contribution in [2.24, 2.45) is 0 Å². The molecule has 1 unspecified atom stereocenters. The molecule has 7 nitrogen and oxygen atoms in total. The molecule has 1 heterocycles. The fraction of sp³-hybridized carbons (Fsp3) is 0.600. The molecule has 1 fully saturated rings. The Balaban J connectivity index is 1.84. The lowest BCUT2D eigenvalue weighted by atomic mass is 10.2. The van der Waals surface area contributed by atoms with E-state index in [1.54, 1.807) is 18.2 Å². The Labute approximate surface area is 160 Å². The first kappa shape index (κ1) is 21.0. The molecule has 7 heteroatoms. The summed E-state index contributed by atoms with van der Waals surface area (Å²) < 4.78 is 21.8. The second-order valence-corrected chi connectivity index (χ2v) is 6.31. The van der Waals surface area contributed by atoms with Gasteiger partial charge in [-0.3, -0.25) is 4.79 Å². The third-order valence-electron chi connectivity index (χ3n) is 4.12. The van der Waals surface area contributed by atoms with Crippen LogP contribution >= 0.6 is 0 Å². The van der Waals surface area contributed by atoms with E-state index in [1.807, 2.05) is 6.92 Å². The highest BCUT2D eigenvalue weighted by Gasteiger charge is 2.17. The highest BCUT2D eigenvalue weighted by Crippen LogP contribution is 2.29. The monoisotopic (exact) mass is 379 g/mol. The number of hydrogen-bond donors (Lipinski definition) is 1. The van der Waals surface area contributed by atoms with Crippen LogP contribution in [0.1, 0.15) is 49.9 Å². The maximum Gasteiger partial charge on any atom is 0.338 e. The van der Waals surface area contributed by atoms with Crippen molar-refractivity contribution in [1.82, 2.24) is 5.32 Å². The van der Waals surface area contributed by atoms with E-state index in [0.717, 1.165) is 32.3 Å². The van der Waals surface area contributed by atoms with Crippen LogP contribution in [0.2, 0.25) is 0 Å². The number of rotatable bonds is 11. The van der Waals surface area contributed by atoms with Gasteiger partial charge in [0.2, 0.25) is 0 Å². The molecule has 0 aliphatic carbocycles. The zero-order valence-corrected chi connectivity index (χ0v) is 16.1. The average Bonchev–Trinajstić information content (AvgIpc) is 3.19. The number of ether oxygens (including phenoxy) is 4. The van der Waals surface area contributed by atoms with Crippen LogP contribution in [0, 0.1) is 0 Å². The van der Waals surface area contributed by atoms with Crippen LogP contribution in [0.5, 0.6) is 11.5 Å². The molecule has 1 N–H and O–H groups in total. The lowest BCUT2D eigenvalue weighted by Gasteiger charge is -2.13. The number of unbranched alkanes of at least 4 members (excludes halogenated alkanes) is 1. The number of amides is 1. The highest BCUT2D eigenvalue weighted by atomic mass is 16.5. The minimum absolute atomic E-state index is 0.0543. The third-order valence-corrected chi connectivity index (χ3v) is 4.12. The maximum absolute atomic E-state index is 12.2. The molecule has 27 heavy (non-hydrogen) atoms. The van der Waals surface area contributed by atoms with Gasteiger partial charge in [0.25, 0.3) is 5.91 Å². The minimum Gasteiger partial charge on any atom is -0.490 e. The molecule has 1 saturated heterocycles. The van der Waals surface area contributed by atoms with Gasteiger partial charge in [-0.1, -0.05) is 13.3 Å². The van der Waals surface area contributed by atoms with E-state index in [1.165, 1.54) is 0 Å². The molecule has 0 aromatic heterocycles. The van der Waals surface area contributed by atoms with Gasteiger partial charge in [-0.25, -0.2) is 4.79 Å². The number of esters is 1. The highest BCUT2D eigenvalue weighted by molar-refractivity contribution is 5.92. The molecule has 1 amide bonds. The van der Waals surface area contributed by atoms with Gasteiger partial charge in [-0.15, -0.1) is 0 Å². The van der Waals surface area contributed by atoms with Gasteiger partial charge in [0.1, 0.15) is 0 Å². The van der Waals surface area contributed by atoms with Crippen LogP contribution < -0.4 is 14.8 Å². The Morgan fingerprint density at radius 3 is 2.78 bits per heavy atom. The lowest BCUT2D eigenvalue weighted by Crippen LogP contribution is -2.34. The topological polar surface area (TPSA) is 83.1 Å². The van der Waals surface area contributed by atoms with Crippen molar-refractivity contribution in [1.29, 1.82) is 0 Å². The molecule has 2 rings (SSSR count). The zero-order valence-electron chi connectivity index (χ0n) is 16.1. The van der Waals surface area contributed by atoms with Crippen LogP contribution in [-0.2, 0) is 14.3 Å². The summed E-state index contributed by atoms with van der Waals surface area (Å²) in [6.45, 7) is 5.83. The van der Waals surface area contributed by atoms with Gasteiger partial charge >= 0.3 is 5.97 Å². The van der Waals surface area contributed by atoms with Crippen LogP contribution in [0.15, 0.2) is 18.2 Å². The van der Waals surface area contributed by atoms with Gasteiger partial charge in [-0.2, -0.15) is 0 Å². The molecule has 0 radical (unpaired) electrons. The number of nitrogens with one attached hydrogen (secondary N) is 1. The van der Waals surface area contributed by atoms with Crippen LogP contribution in [0.25, 0.3) is 0 Å². The van der Waals surface area contributed by atoms with E-state index in [4.69, 9.17) is 18.9 Å². The molecule has 1 atom stereocenters. The maximum atomic E-state index is 12.2. The summed E-state index contributed by atoms with van der Waals surface area (Å²) in [6.07, 6.45) is 3.97. The Morgan fingerprint density at radius 2 is 2.07 bits per heavy atom. The Bertz CT molecular complexity index is 612. The van der Waals surface area contributed by atoms with Gasteiger partial charge in [-0.05, 0) is 44.4 Å². The van der Waals surface area contributed by atoms with E-state index in [9.17, 15) is 9.59 Å². The van der Waals surface area contributed by atoms with Crippen LogP contribution in [0.3, 0.4) is 0 Å². The molecular formula is C20H29NO6. The third kappa shape index (κ3) is 7.09. The first-order valence-corrected chi connectivity index (χ1v) is 9.59. The normalized spacial score (nSPS) is 16.0. The fourth-order valence-electron chi connectivity index (χ4n) is 2.65. The predicted octanol–water partition coefficient (Wildman–Crippen LogP) is 2.72. The molecule has 150 valence electrons. The fourth-order valence-corrected chi connectivity index (χ4v) is 2.65. The van der Waals surface area contributed by atoms with Crippen molar-refractivity contribution in [3.8, 4) is 11.5 Å².